The number of quaternary nitrogens is 1. The highest BCUT2D eigenvalue weighted by Crippen LogP contribution is 2.32. The van der Waals surface area contributed by atoms with E-state index in [4.69, 9.17) is 0 Å². The van der Waals surface area contributed by atoms with E-state index in [0.29, 0.717) is 6.42 Å². The summed E-state index contributed by atoms with van der Waals surface area (Å²) in [7, 11) is 0. The first kappa shape index (κ1) is 35.1. The van der Waals surface area contributed by atoms with E-state index in [1.54, 1.807) is 20.8 Å². The molecule has 0 heterocycles. The van der Waals surface area contributed by atoms with Gasteiger partial charge >= 0.3 is 17.9 Å². The van der Waals surface area contributed by atoms with Crippen molar-refractivity contribution in [3.63, 3.8) is 0 Å². The number of carboxylic acids is 3. The second kappa shape index (κ2) is 21.1. The molecule has 3 atom stereocenters. The van der Waals surface area contributed by atoms with Crippen molar-refractivity contribution < 1.29 is 34.2 Å². The number of allylic oxidation sites excluding steroid dienone is 2. The van der Waals surface area contributed by atoms with Gasteiger partial charge in [0.15, 0.2) is 18.1 Å². The summed E-state index contributed by atoms with van der Waals surface area (Å²) in [6.45, 7) is 7.59. The Kier molecular flexibility index (Phi) is 20.0. The van der Waals surface area contributed by atoms with E-state index in [9.17, 15) is 29.7 Å². The molecule has 0 aliphatic carbocycles. The highest BCUT2D eigenvalue weighted by atomic mass is 16.4. The van der Waals surface area contributed by atoms with Gasteiger partial charge in [0.2, 0.25) is 0 Å². The van der Waals surface area contributed by atoms with Gasteiger partial charge in [-0.25, -0.2) is 14.4 Å². The van der Waals surface area contributed by atoms with E-state index in [0.717, 1.165) is 25.7 Å². The summed E-state index contributed by atoms with van der Waals surface area (Å²) >= 11 is 0. The minimum atomic E-state index is -1.12. The van der Waals surface area contributed by atoms with Crippen molar-refractivity contribution in [3.05, 3.63) is 12.2 Å². The quantitative estimate of drug-likeness (QED) is 0.0648. The van der Waals surface area contributed by atoms with Crippen molar-refractivity contribution in [2.24, 2.45) is 0 Å². The third-order valence-corrected chi connectivity index (χ3v) is 7.81. The zero-order valence-corrected chi connectivity index (χ0v) is 24.1. The maximum atomic E-state index is 12.2. The number of rotatable bonds is 25. The molecule has 37 heavy (non-hydrogen) atoms. The Morgan fingerprint density at radius 1 is 0.541 bits per heavy atom. The molecule has 0 amide bonds. The lowest BCUT2D eigenvalue weighted by Gasteiger charge is -2.49. The van der Waals surface area contributed by atoms with Crippen molar-refractivity contribution in [2.75, 3.05) is 6.54 Å². The molecule has 0 bridgehead atoms. The average Bonchev–Trinajstić information content (AvgIpc) is 2.84. The number of hydrogen-bond acceptors (Lipinski definition) is 3. The van der Waals surface area contributed by atoms with Gasteiger partial charge < -0.3 is 15.3 Å². The van der Waals surface area contributed by atoms with Crippen molar-refractivity contribution in [1.82, 2.24) is 0 Å². The summed E-state index contributed by atoms with van der Waals surface area (Å²) in [6.07, 6.45) is 21.3. The van der Waals surface area contributed by atoms with Crippen molar-refractivity contribution in [1.29, 1.82) is 0 Å². The van der Waals surface area contributed by atoms with Gasteiger partial charge in [0.05, 0.1) is 6.54 Å². The smallest absolute Gasteiger partial charge is 0.362 e. The molecule has 0 saturated heterocycles. The molecular formula is C30H56NO6+. The zero-order chi connectivity index (χ0) is 28.1. The Balaban J connectivity index is 4.83. The normalized spacial score (nSPS) is 15.8. The first-order valence-corrected chi connectivity index (χ1v) is 14.9. The molecule has 0 fully saturated rings. The molecule has 3 N–H and O–H groups in total. The summed E-state index contributed by atoms with van der Waals surface area (Å²) in [5, 5.41) is 30.0. The highest BCUT2D eigenvalue weighted by molar-refractivity contribution is 5.78. The number of carboxylic acid groups (broad SMARTS) is 3. The van der Waals surface area contributed by atoms with Crippen LogP contribution in [0.25, 0.3) is 0 Å². The lowest BCUT2D eigenvalue weighted by Crippen LogP contribution is -2.72. The maximum Gasteiger partial charge on any atom is 0.362 e. The lowest BCUT2D eigenvalue weighted by molar-refractivity contribution is -0.973. The van der Waals surface area contributed by atoms with Crippen molar-refractivity contribution in [2.45, 2.75) is 155 Å². The van der Waals surface area contributed by atoms with Gasteiger partial charge in [-0.15, -0.1) is 0 Å². The molecule has 7 heteroatoms. The predicted octanol–water partition coefficient (Wildman–Crippen LogP) is 7.43. The minimum Gasteiger partial charge on any atom is -0.477 e. The fourth-order valence-electron chi connectivity index (χ4n) is 5.91. The lowest BCUT2D eigenvalue weighted by atomic mass is 9.94. The van der Waals surface area contributed by atoms with Crippen LogP contribution in [0.5, 0.6) is 0 Å². The number of hydrogen-bond donors (Lipinski definition) is 3. The first-order chi connectivity index (χ1) is 17.7. The van der Waals surface area contributed by atoms with Crippen LogP contribution < -0.4 is 0 Å². The minimum absolute atomic E-state index is 0.185. The molecule has 3 unspecified atom stereocenters. The molecule has 216 valence electrons. The topological polar surface area (TPSA) is 112 Å². The number of carbonyl (C=O) groups is 3. The highest BCUT2D eigenvalue weighted by Gasteiger charge is 2.55. The van der Waals surface area contributed by atoms with Crippen LogP contribution in [-0.2, 0) is 14.4 Å². The molecule has 7 nitrogen and oxygen atoms in total. The van der Waals surface area contributed by atoms with Crippen LogP contribution in [0.3, 0.4) is 0 Å². The Hall–Kier alpha value is -1.89. The van der Waals surface area contributed by atoms with Crippen molar-refractivity contribution in [3.8, 4) is 0 Å². The van der Waals surface area contributed by atoms with Gasteiger partial charge in [-0.2, -0.15) is 0 Å². The fourth-order valence-corrected chi connectivity index (χ4v) is 5.91. The third-order valence-electron chi connectivity index (χ3n) is 7.81. The SMILES string of the molecule is CCCCCCCCCCC/C=C/CCCCC[N+](C(CC)C(=O)O)(C(CC)C(=O)O)C(CC)C(=O)O. The van der Waals surface area contributed by atoms with Gasteiger partial charge in [0, 0.05) is 19.3 Å². The van der Waals surface area contributed by atoms with Gasteiger partial charge in [-0.05, 0) is 38.5 Å². The Bertz CT molecular complexity index is 607. The van der Waals surface area contributed by atoms with E-state index < -0.39 is 40.5 Å². The van der Waals surface area contributed by atoms with Crippen LogP contribution in [0, 0.1) is 0 Å². The van der Waals surface area contributed by atoms with E-state index in [2.05, 4.69) is 19.1 Å². The Labute approximate surface area is 225 Å². The van der Waals surface area contributed by atoms with Crippen LogP contribution in [0.1, 0.15) is 137 Å². The van der Waals surface area contributed by atoms with Crippen LogP contribution in [0.15, 0.2) is 12.2 Å². The standard InChI is InChI=1S/C30H55NO6/c1-5-9-10-11-12-13-14-15-16-17-18-19-20-21-22-23-24-31(25(6-2)28(32)33,26(7-3)29(34)35)27(8-4)30(36)37/h18-19,25-27H,5-17,20-24H2,1-4H3,(H2-,32,33,34,35,36,37)/p+1/b19-18+. The van der Waals surface area contributed by atoms with Crippen LogP contribution in [-0.4, -0.2) is 62.4 Å². The fraction of sp³-hybridized carbons (Fsp3) is 0.833. The van der Waals surface area contributed by atoms with E-state index in [-0.39, 0.29) is 25.8 Å². The molecule has 0 rings (SSSR count). The molecule has 0 radical (unpaired) electrons. The predicted molar refractivity (Wildman–Crippen MR) is 150 cm³/mol. The molecule has 0 aromatic heterocycles. The molecule has 0 spiro atoms. The molecule has 0 aliphatic rings. The Morgan fingerprint density at radius 3 is 1.19 bits per heavy atom. The Morgan fingerprint density at radius 2 is 0.865 bits per heavy atom. The van der Waals surface area contributed by atoms with Crippen LogP contribution >= 0.6 is 0 Å². The van der Waals surface area contributed by atoms with Gasteiger partial charge in [-0.1, -0.05) is 91.2 Å². The second-order valence-corrected chi connectivity index (χ2v) is 10.4. The first-order valence-electron chi connectivity index (χ1n) is 14.9. The number of nitrogens with zero attached hydrogens (tertiary/aromatic N) is 1. The van der Waals surface area contributed by atoms with E-state index in [1.165, 1.54) is 57.8 Å². The second-order valence-electron chi connectivity index (χ2n) is 10.4. The maximum absolute atomic E-state index is 12.2. The van der Waals surface area contributed by atoms with Gasteiger partial charge in [-0.3, -0.25) is 4.48 Å². The molecule has 0 aromatic rings. The van der Waals surface area contributed by atoms with Crippen molar-refractivity contribution >= 4 is 17.9 Å². The zero-order valence-electron chi connectivity index (χ0n) is 24.1. The molecular weight excluding hydrogens is 470 g/mol. The summed E-state index contributed by atoms with van der Waals surface area (Å²) in [5.41, 5.74) is 0. The summed E-state index contributed by atoms with van der Waals surface area (Å²) in [6, 6.07) is -3.21. The van der Waals surface area contributed by atoms with Gasteiger partial charge in [0.25, 0.3) is 0 Å². The van der Waals surface area contributed by atoms with Gasteiger partial charge in [0.1, 0.15) is 0 Å². The average molecular weight is 527 g/mol. The van der Waals surface area contributed by atoms with Crippen LogP contribution in [0.4, 0.5) is 0 Å². The van der Waals surface area contributed by atoms with E-state index >= 15 is 0 Å². The third kappa shape index (κ3) is 12.5. The molecule has 0 aromatic carbocycles. The monoisotopic (exact) mass is 526 g/mol. The number of aliphatic carboxylic acids is 3. The number of unbranched alkanes of at least 4 members (excludes halogenated alkanes) is 12. The van der Waals surface area contributed by atoms with Crippen LogP contribution in [0.2, 0.25) is 0 Å². The summed E-state index contributed by atoms with van der Waals surface area (Å²) in [4.78, 5) is 36.7. The van der Waals surface area contributed by atoms with E-state index in [1.807, 2.05) is 0 Å². The molecule has 0 aliphatic heterocycles. The largest absolute Gasteiger partial charge is 0.477 e. The molecule has 0 saturated carbocycles. The summed E-state index contributed by atoms with van der Waals surface area (Å²) in [5.74, 6) is -3.37. The summed E-state index contributed by atoms with van der Waals surface area (Å²) < 4.78 is -0.419.